The summed E-state index contributed by atoms with van der Waals surface area (Å²) in [6.45, 7) is 0. The van der Waals surface area contributed by atoms with Gasteiger partial charge in [0.2, 0.25) is 0 Å². The summed E-state index contributed by atoms with van der Waals surface area (Å²) in [5, 5.41) is -3.21. The molecule has 164 valence electrons. The van der Waals surface area contributed by atoms with Crippen molar-refractivity contribution < 1.29 is 88.4 Å². The van der Waals surface area contributed by atoms with Crippen molar-refractivity contribution in [1.82, 2.24) is 0 Å². The average Bonchev–Trinajstić information content (AvgIpc) is 2.44. The highest BCUT2D eigenvalue weighted by Crippen LogP contribution is 2.57. The quantitative estimate of drug-likeness (QED) is 0.127. The largest absolute Gasteiger partial charge is 0.667 e. The van der Waals surface area contributed by atoms with E-state index in [0.29, 0.717) is 0 Å². The zero-order valence-electron chi connectivity index (χ0n) is 13.0. The number of rotatable bonds is 0. The van der Waals surface area contributed by atoms with E-state index in [1.54, 1.807) is 0 Å². The van der Waals surface area contributed by atoms with Crippen LogP contribution in [-0.4, -0.2) is 115 Å². The maximum absolute atomic E-state index is 10.8. The Labute approximate surface area is 165 Å². The van der Waals surface area contributed by atoms with Crippen LogP contribution in [0.25, 0.3) is 0 Å². The van der Waals surface area contributed by atoms with Crippen LogP contribution in [0.4, 0.5) is 0 Å². The van der Waals surface area contributed by atoms with E-state index >= 15 is 0 Å². The third kappa shape index (κ3) is 2.54. The zero-order valence-corrected chi connectivity index (χ0v) is 21.0. The SMILES string of the molecule is O[Si]12OC34O[Si]5(O)O[Si]6(O)O[Si](O)(O1)O[Si](O)(O5)O[Si]3(O)O[Si]4(O)O[Si](O)(O2)O6. The Bertz CT molecular complexity index is 762. The molecule has 0 radical (unpaired) electrons. The van der Waals surface area contributed by atoms with Crippen LogP contribution in [0.5, 0.6) is 0 Å². The molecule has 5 heterocycles. The molecule has 5 saturated heterocycles. The topological polar surface area (TPSA) is 273 Å². The van der Waals surface area contributed by atoms with Crippen molar-refractivity contribution in [2.24, 2.45) is 0 Å². The Morgan fingerprint density at radius 2 is 0.621 bits per heavy atom. The molecule has 0 aromatic carbocycles. The lowest BCUT2D eigenvalue weighted by atomic mass is 11.4. The molecule has 8 unspecified atom stereocenters. The summed E-state index contributed by atoms with van der Waals surface area (Å²) in [5.41, 5.74) is 0. The number of hydrogen-bond donors (Lipinski definition) is 8. The minimum Gasteiger partial charge on any atom is -0.388 e. The van der Waals surface area contributed by atoms with Crippen LogP contribution in [-0.2, 0) is 50.0 Å². The van der Waals surface area contributed by atoms with Crippen LogP contribution in [0.3, 0.4) is 0 Å². The van der Waals surface area contributed by atoms with Gasteiger partial charge in [-0.25, -0.2) is 0 Å². The average molecular weight is 565 g/mol. The number of fused-ring (bicyclic) bond motifs is 6. The summed E-state index contributed by atoms with van der Waals surface area (Å²) < 4.78 is 58.5. The van der Waals surface area contributed by atoms with Crippen molar-refractivity contribution in [2.45, 2.75) is 5.03 Å². The van der Waals surface area contributed by atoms with Crippen LogP contribution >= 0.6 is 0 Å². The number of hydrogen-bond acceptors (Lipinski definition) is 20. The van der Waals surface area contributed by atoms with Crippen molar-refractivity contribution >= 4 is 71.9 Å². The summed E-state index contributed by atoms with van der Waals surface area (Å²) in [5.74, 6) is 0. The van der Waals surface area contributed by atoms with E-state index in [4.69, 9.17) is 50.0 Å². The molecule has 0 aromatic rings. The minimum atomic E-state index is -5.59. The van der Waals surface area contributed by atoms with E-state index in [1.165, 1.54) is 0 Å². The van der Waals surface area contributed by atoms with E-state index in [9.17, 15) is 38.4 Å². The lowest BCUT2D eigenvalue weighted by Crippen LogP contribution is -2.94. The Kier molecular flexibility index (Phi) is 3.57. The molecule has 0 amide bonds. The van der Waals surface area contributed by atoms with Gasteiger partial charge in [-0.2, -0.15) is 0 Å². The van der Waals surface area contributed by atoms with Gasteiger partial charge >= 0.3 is 71.9 Å². The maximum atomic E-state index is 10.8. The van der Waals surface area contributed by atoms with Gasteiger partial charge in [-0.05, 0) is 0 Å². The van der Waals surface area contributed by atoms with Crippen LogP contribution in [0.1, 0.15) is 0 Å². The van der Waals surface area contributed by atoms with E-state index in [2.05, 4.69) is 0 Å². The molecule has 20 nitrogen and oxygen atoms in total. The van der Waals surface area contributed by atoms with Crippen molar-refractivity contribution in [3.05, 3.63) is 0 Å². The Morgan fingerprint density at radius 3 is 0.966 bits per heavy atom. The van der Waals surface area contributed by atoms with Crippen LogP contribution in [0.2, 0.25) is 0 Å². The molecule has 5 rings (SSSR count). The summed E-state index contributed by atoms with van der Waals surface area (Å²) in [6.07, 6.45) is 0. The first-order valence-electron chi connectivity index (χ1n) is 7.19. The molecule has 0 saturated carbocycles. The highest BCUT2D eigenvalue weighted by atomic mass is 28.6. The van der Waals surface area contributed by atoms with Gasteiger partial charge in [-0.15, -0.1) is 0 Å². The first-order chi connectivity index (χ1) is 13.0. The van der Waals surface area contributed by atoms with Gasteiger partial charge in [0.15, 0.2) is 0 Å². The molecule has 8 atom stereocenters. The molecule has 28 heteroatoms. The Hall–Kier alpha value is 0.935. The highest BCUT2D eigenvalue weighted by molar-refractivity contribution is 7.04. The van der Waals surface area contributed by atoms with Gasteiger partial charge in [0.05, 0.1) is 0 Å². The van der Waals surface area contributed by atoms with E-state index in [0.717, 1.165) is 0 Å². The van der Waals surface area contributed by atoms with Gasteiger partial charge in [0.25, 0.3) is 5.03 Å². The van der Waals surface area contributed by atoms with Crippen molar-refractivity contribution in [1.29, 1.82) is 0 Å². The third-order valence-corrected chi connectivity index (χ3v) is 30.8. The highest BCUT2D eigenvalue weighted by Gasteiger charge is 3.01. The summed E-state index contributed by atoms with van der Waals surface area (Å²) >= 11 is 0. The Morgan fingerprint density at radius 1 is 0.345 bits per heavy atom. The van der Waals surface area contributed by atoms with Gasteiger partial charge in [-0.1, -0.05) is 0 Å². The molecule has 1 spiro atoms. The van der Waals surface area contributed by atoms with Gasteiger partial charge in [-0.3, -0.25) is 0 Å². The molecule has 5 aliphatic rings. The second kappa shape index (κ2) is 5.04. The van der Waals surface area contributed by atoms with Crippen LogP contribution < -0.4 is 0 Å². The first kappa shape index (κ1) is 20.5. The van der Waals surface area contributed by atoms with Crippen molar-refractivity contribution in [3.8, 4) is 0 Å². The monoisotopic (exact) mass is 564 g/mol. The zero-order chi connectivity index (χ0) is 21.0. The van der Waals surface area contributed by atoms with E-state index in [-0.39, 0.29) is 0 Å². The molecule has 5 aliphatic heterocycles. The smallest absolute Gasteiger partial charge is 0.388 e. The molecule has 6 bridgehead atoms. The standard InChI is InChI=1S/CH8O20Si8/c2-22-1-10-24(4)15-26(6,13-22)19-28(8)18-25(5,11-1)16-27(7,14-23(1,3)12-22)20-29(9,17-24)21-28/h2-9H. The predicted molar refractivity (Wildman–Crippen MR) is 79.5 cm³/mol. The van der Waals surface area contributed by atoms with Gasteiger partial charge in [0.1, 0.15) is 0 Å². The molecule has 29 heavy (non-hydrogen) atoms. The summed E-state index contributed by atoms with van der Waals surface area (Å²) in [6, 6.07) is 0. The minimum absolute atomic E-state index is 3.21. The molecular formula is CH8O20Si8. The van der Waals surface area contributed by atoms with Gasteiger partial charge in [0, 0.05) is 0 Å². The third-order valence-electron chi connectivity index (χ3n) is 3.99. The molecule has 0 aromatic heterocycles. The molecular weight excluding hydrogens is 557 g/mol. The summed E-state index contributed by atoms with van der Waals surface area (Å²) in [7, 11) is -44.0. The first-order valence-corrected chi connectivity index (χ1v) is 20.7. The van der Waals surface area contributed by atoms with Crippen molar-refractivity contribution in [3.63, 3.8) is 0 Å². The van der Waals surface area contributed by atoms with E-state index in [1.807, 2.05) is 0 Å². The fraction of sp³-hybridized carbons (Fsp3) is 1.00. The van der Waals surface area contributed by atoms with Crippen LogP contribution in [0.15, 0.2) is 0 Å². The lowest BCUT2D eigenvalue weighted by molar-refractivity contribution is -0.183. The lowest BCUT2D eigenvalue weighted by Gasteiger charge is -2.55. The normalized spacial score (nSPS) is 70.3. The molecule has 8 N–H and O–H groups in total. The van der Waals surface area contributed by atoms with E-state index < -0.39 is 76.9 Å². The maximum Gasteiger partial charge on any atom is 0.667 e. The summed E-state index contributed by atoms with van der Waals surface area (Å²) in [4.78, 5) is 85.5. The molecule has 0 aliphatic carbocycles. The second-order valence-corrected chi connectivity index (χ2v) is 25.2. The fourth-order valence-electron chi connectivity index (χ4n) is 3.16. The predicted octanol–water partition coefficient (Wildman–Crippen LogP) is -8.53. The van der Waals surface area contributed by atoms with Gasteiger partial charge < -0.3 is 88.4 Å². The van der Waals surface area contributed by atoms with Crippen LogP contribution in [0, 0.1) is 0 Å². The van der Waals surface area contributed by atoms with Crippen molar-refractivity contribution in [2.75, 3.05) is 0 Å². The molecule has 5 fully saturated rings. The fourth-order valence-corrected chi connectivity index (χ4v) is 34.7. The second-order valence-electron chi connectivity index (χ2n) is 6.15. The Balaban J connectivity index is 1.71.